The fraction of sp³-hybridized carbons (Fsp3) is 0.250. The van der Waals surface area contributed by atoms with Crippen molar-refractivity contribution in [1.82, 2.24) is 4.98 Å². The van der Waals surface area contributed by atoms with Crippen molar-refractivity contribution in [3.8, 4) is 0 Å². The third-order valence-corrected chi connectivity index (χ3v) is 3.42. The summed E-state index contributed by atoms with van der Waals surface area (Å²) in [5, 5.41) is 6.20. The van der Waals surface area contributed by atoms with Gasteiger partial charge in [-0.3, -0.25) is 0 Å². The van der Waals surface area contributed by atoms with Gasteiger partial charge in [-0.2, -0.15) is 0 Å². The van der Waals surface area contributed by atoms with E-state index in [1.807, 2.05) is 18.4 Å². The Balaban J connectivity index is 2.18. The maximum Gasteiger partial charge on any atom is 0.128 e. The molecular weight excluding hydrogens is 223 g/mol. The van der Waals surface area contributed by atoms with Crippen LogP contribution in [-0.2, 0) is 0 Å². The van der Waals surface area contributed by atoms with Crippen LogP contribution < -0.4 is 5.32 Å². The Bertz CT molecular complexity index is 468. The molecule has 1 aromatic carbocycles. The molecule has 2 nitrogen and oxygen atoms in total. The van der Waals surface area contributed by atoms with Crippen molar-refractivity contribution in [2.24, 2.45) is 0 Å². The van der Waals surface area contributed by atoms with Gasteiger partial charge in [-0.1, -0.05) is 6.07 Å². The molecule has 2 rings (SSSR count). The molecule has 0 spiro atoms. The number of nitrogens with one attached hydrogen (secondary N) is 1. The highest BCUT2D eigenvalue weighted by Gasteiger charge is 2.10. The Labute approximate surface area is 98.2 Å². The fourth-order valence-corrected chi connectivity index (χ4v) is 2.15. The van der Waals surface area contributed by atoms with Crippen molar-refractivity contribution in [3.05, 3.63) is 46.2 Å². The Morgan fingerprint density at radius 3 is 2.94 bits per heavy atom. The average Bonchev–Trinajstić information content (AvgIpc) is 2.78. The van der Waals surface area contributed by atoms with Gasteiger partial charge >= 0.3 is 0 Å². The molecule has 0 aliphatic carbocycles. The first-order chi connectivity index (χ1) is 7.68. The molecule has 0 amide bonds. The summed E-state index contributed by atoms with van der Waals surface area (Å²) >= 11 is 1.59. The van der Waals surface area contributed by atoms with Crippen LogP contribution in [0.15, 0.2) is 29.8 Å². The highest BCUT2D eigenvalue weighted by atomic mass is 32.1. The smallest absolute Gasteiger partial charge is 0.128 e. The predicted molar refractivity (Wildman–Crippen MR) is 65.3 cm³/mol. The SMILES string of the molecule is Cc1c(F)cccc1NC(C)c1nccs1. The van der Waals surface area contributed by atoms with Gasteiger partial charge in [0.25, 0.3) is 0 Å². The molecule has 1 atom stereocenters. The second kappa shape index (κ2) is 4.61. The van der Waals surface area contributed by atoms with Crippen molar-refractivity contribution >= 4 is 17.0 Å². The average molecular weight is 236 g/mol. The molecule has 1 aromatic heterocycles. The van der Waals surface area contributed by atoms with E-state index in [9.17, 15) is 4.39 Å². The standard InChI is InChI=1S/C12H13FN2S/c1-8-10(13)4-3-5-11(8)15-9(2)12-14-6-7-16-12/h3-7,9,15H,1-2H3. The lowest BCUT2D eigenvalue weighted by molar-refractivity contribution is 0.618. The van der Waals surface area contributed by atoms with Crippen LogP contribution in [0.1, 0.15) is 23.5 Å². The van der Waals surface area contributed by atoms with Crippen LogP contribution in [-0.4, -0.2) is 4.98 Å². The van der Waals surface area contributed by atoms with E-state index in [2.05, 4.69) is 10.3 Å². The van der Waals surface area contributed by atoms with Crippen molar-refractivity contribution in [1.29, 1.82) is 0 Å². The molecule has 0 aliphatic heterocycles. The Morgan fingerprint density at radius 2 is 2.25 bits per heavy atom. The van der Waals surface area contributed by atoms with E-state index in [1.165, 1.54) is 6.07 Å². The summed E-state index contributed by atoms with van der Waals surface area (Å²) < 4.78 is 13.3. The lowest BCUT2D eigenvalue weighted by Gasteiger charge is -2.15. The molecule has 0 fully saturated rings. The first kappa shape index (κ1) is 11.1. The summed E-state index contributed by atoms with van der Waals surface area (Å²) in [7, 11) is 0. The topological polar surface area (TPSA) is 24.9 Å². The number of hydrogen-bond donors (Lipinski definition) is 1. The Morgan fingerprint density at radius 1 is 1.44 bits per heavy atom. The second-order valence-corrected chi connectivity index (χ2v) is 4.57. The van der Waals surface area contributed by atoms with Crippen molar-refractivity contribution in [2.75, 3.05) is 5.32 Å². The van der Waals surface area contributed by atoms with Crippen LogP contribution in [0.5, 0.6) is 0 Å². The van der Waals surface area contributed by atoms with Crippen molar-refractivity contribution < 1.29 is 4.39 Å². The summed E-state index contributed by atoms with van der Waals surface area (Å²) in [6.07, 6.45) is 1.77. The molecule has 0 bridgehead atoms. The second-order valence-electron chi connectivity index (χ2n) is 3.65. The van der Waals surface area contributed by atoms with Crippen molar-refractivity contribution in [2.45, 2.75) is 19.9 Å². The number of halogens is 1. The maximum absolute atomic E-state index is 13.3. The third kappa shape index (κ3) is 2.22. The number of nitrogens with zero attached hydrogens (tertiary/aromatic N) is 1. The van der Waals surface area contributed by atoms with Gasteiger partial charge in [-0.05, 0) is 26.0 Å². The molecule has 1 N–H and O–H groups in total. The number of hydrogen-bond acceptors (Lipinski definition) is 3. The number of anilines is 1. The van der Waals surface area contributed by atoms with E-state index < -0.39 is 0 Å². The summed E-state index contributed by atoms with van der Waals surface area (Å²) in [6.45, 7) is 3.79. The molecule has 0 aliphatic rings. The van der Waals surface area contributed by atoms with E-state index in [1.54, 1.807) is 30.5 Å². The first-order valence-electron chi connectivity index (χ1n) is 5.09. The molecule has 0 saturated heterocycles. The van der Waals surface area contributed by atoms with Crippen LogP contribution in [0.25, 0.3) is 0 Å². The van der Waals surface area contributed by atoms with Gasteiger partial charge in [0.1, 0.15) is 10.8 Å². The molecule has 2 aromatic rings. The number of thiazole rings is 1. The normalized spacial score (nSPS) is 12.4. The van der Waals surface area contributed by atoms with Gasteiger partial charge in [0.2, 0.25) is 0 Å². The van der Waals surface area contributed by atoms with Gasteiger partial charge in [0, 0.05) is 22.8 Å². The van der Waals surface area contributed by atoms with E-state index >= 15 is 0 Å². The number of benzene rings is 1. The fourth-order valence-electron chi connectivity index (χ4n) is 1.51. The van der Waals surface area contributed by atoms with Crippen LogP contribution in [0.4, 0.5) is 10.1 Å². The van der Waals surface area contributed by atoms with Gasteiger partial charge < -0.3 is 5.32 Å². The number of aromatic nitrogens is 1. The largest absolute Gasteiger partial charge is 0.376 e. The van der Waals surface area contributed by atoms with E-state index in [-0.39, 0.29) is 11.9 Å². The van der Waals surface area contributed by atoms with Gasteiger partial charge in [-0.25, -0.2) is 9.37 Å². The van der Waals surface area contributed by atoms with Gasteiger partial charge in [-0.15, -0.1) is 11.3 Å². The summed E-state index contributed by atoms with van der Waals surface area (Å²) in [5.41, 5.74) is 1.47. The van der Waals surface area contributed by atoms with Crippen LogP contribution in [0.3, 0.4) is 0 Å². The minimum absolute atomic E-state index is 0.0977. The summed E-state index contributed by atoms with van der Waals surface area (Å²) in [4.78, 5) is 4.23. The molecule has 4 heteroatoms. The Kier molecular flexibility index (Phi) is 3.19. The zero-order valence-corrected chi connectivity index (χ0v) is 10.0. The molecular formula is C12H13FN2S. The summed E-state index contributed by atoms with van der Waals surface area (Å²) in [6, 6.07) is 5.15. The lowest BCUT2D eigenvalue weighted by atomic mass is 10.1. The maximum atomic E-state index is 13.3. The highest BCUT2D eigenvalue weighted by molar-refractivity contribution is 7.09. The van der Waals surface area contributed by atoms with Crippen LogP contribution in [0.2, 0.25) is 0 Å². The quantitative estimate of drug-likeness (QED) is 0.877. The van der Waals surface area contributed by atoms with Gasteiger partial charge in [0.15, 0.2) is 0 Å². The molecule has 1 unspecified atom stereocenters. The van der Waals surface area contributed by atoms with E-state index in [0.29, 0.717) is 5.56 Å². The highest BCUT2D eigenvalue weighted by Crippen LogP contribution is 2.24. The summed E-state index contributed by atoms with van der Waals surface area (Å²) in [5.74, 6) is -0.184. The van der Waals surface area contributed by atoms with Crippen LogP contribution in [0, 0.1) is 12.7 Å². The monoisotopic (exact) mass is 236 g/mol. The molecule has 84 valence electrons. The lowest BCUT2D eigenvalue weighted by Crippen LogP contribution is -2.07. The molecule has 0 radical (unpaired) electrons. The zero-order chi connectivity index (χ0) is 11.5. The predicted octanol–water partition coefficient (Wildman–Crippen LogP) is 3.76. The van der Waals surface area contributed by atoms with Gasteiger partial charge in [0.05, 0.1) is 6.04 Å². The number of rotatable bonds is 3. The molecule has 1 heterocycles. The Hall–Kier alpha value is -1.42. The minimum Gasteiger partial charge on any atom is -0.376 e. The first-order valence-corrected chi connectivity index (χ1v) is 5.97. The van der Waals surface area contributed by atoms with E-state index in [4.69, 9.17) is 0 Å². The van der Waals surface area contributed by atoms with Crippen molar-refractivity contribution in [3.63, 3.8) is 0 Å². The van der Waals surface area contributed by atoms with Crippen LogP contribution >= 0.6 is 11.3 Å². The minimum atomic E-state index is -0.184. The van der Waals surface area contributed by atoms with E-state index in [0.717, 1.165) is 10.7 Å². The molecule has 16 heavy (non-hydrogen) atoms. The zero-order valence-electron chi connectivity index (χ0n) is 9.20. The third-order valence-electron chi connectivity index (χ3n) is 2.46. The molecule has 0 saturated carbocycles.